The summed E-state index contributed by atoms with van der Waals surface area (Å²) < 4.78 is 7.47. The van der Waals surface area contributed by atoms with E-state index in [4.69, 9.17) is 9.40 Å². The highest BCUT2D eigenvalue weighted by molar-refractivity contribution is 7.16. The zero-order chi connectivity index (χ0) is 25.4. The van der Waals surface area contributed by atoms with Crippen LogP contribution in [0.15, 0.2) is 107 Å². The number of para-hydroxylation sites is 2. The summed E-state index contributed by atoms with van der Waals surface area (Å²) in [7, 11) is 0. The minimum absolute atomic E-state index is 0.142. The van der Waals surface area contributed by atoms with Crippen molar-refractivity contribution in [2.75, 3.05) is 4.90 Å². The maximum atomic E-state index is 6.32. The Morgan fingerprint density at radius 1 is 0.711 bits per heavy atom. The van der Waals surface area contributed by atoms with Crippen LogP contribution in [0.4, 0.5) is 17.4 Å². The molecule has 0 fully saturated rings. The van der Waals surface area contributed by atoms with Crippen LogP contribution in [0.2, 0.25) is 0 Å². The van der Waals surface area contributed by atoms with Crippen molar-refractivity contribution in [2.24, 2.45) is 0 Å². The number of fused-ring (bicyclic) bond motifs is 6. The Morgan fingerprint density at radius 2 is 1.45 bits per heavy atom. The van der Waals surface area contributed by atoms with Gasteiger partial charge in [-0.2, -0.15) is 4.98 Å². The molecule has 182 valence electrons. The molecule has 4 nitrogen and oxygen atoms in total. The van der Waals surface area contributed by atoms with Gasteiger partial charge in [0.05, 0.1) is 27.1 Å². The number of nitrogens with zero attached hydrogens (tertiary/aromatic N) is 3. The molecule has 38 heavy (non-hydrogen) atoms. The van der Waals surface area contributed by atoms with E-state index in [1.54, 1.807) is 11.3 Å². The summed E-state index contributed by atoms with van der Waals surface area (Å²) in [6, 6.07) is 34.8. The van der Waals surface area contributed by atoms with Gasteiger partial charge in [0, 0.05) is 5.41 Å². The van der Waals surface area contributed by atoms with E-state index in [2.05, 4.69) is 96.5 Å². The molecule has 2 aromatic heterocycles. The van der Waals surface area contributed by atoms with Crippen LogP contribution in [-0.4, -0.2) is 9.97 Å². The van der Waals surface area contributed by atoms with Crippen LogP contribution in [0.3, 0.4) is 0 Å². The predicted octanol–water partition coefficient (Wildman–Crippen LogP) is 9.37. The van der Waals surface area contributed by atoms with E-state index < -0.39 is 0 Å². The molecule has 0 saturated carbocycles. The summed E-state index contributed by atoms with van der Waals surface area (Å²) in [6.45, 7) is 4.64. The summed E-state index contributed by atoms with van der Waals surface area (Å²) >= 11 is 1.64. The average molecular weight is 510 g/mol. The molecule has 0 bridgehead atoms. The highest BCUT2D eigenvalue weighted by atomic mass is 32.1. The van der Waals surface area contributed by atoms with Gasteiger partial charge < -0.3 is 4.42 Å². The van der Waals surface area contributed by atoms with E-state index >= 15 is 0 Å². The second-order valence-corrected chi connectivity index (χ2v) is 11.3. The molecule has 1 aliphatic carbocycles. The van der Waals surface area contributed by atoms with E-state index in [-0.39, 0.29) is 5.41 Å². The molecule has 5 aromatic carbocycles. The summed E-state index contributed by atoms with van der Waals surface area (Å²) in [5.41, 5.74) is 11.5. The van der Waals surface area contributed by atoms with Crippen molar-refractivity contribution < 1.29 is 4.42 Å². The molecule has 7 aromatic rings. The normalized spacial score (nSPS) is 13.7. The van der Waals surface area contributed by atoms with Crippen molar-refractivity contribution in [1.29, 1.82) is 0 Å². The molecule has 0 N–H and O–H groups in total. The van der Waals surface area contributed by atoms with Crippen LogP contribution >= 0.6 is 11.3 Å². The minimum atomic E-state index is -0.142. The van der Waals surface area contributed by atoms with Crippen molar-refractivity contribution in [3.8, 4) is 11.1 Å². The van der Waals surface area contributed by atoms with E-state index in [0.29, 0.717) is 6.01 Å². The van der Waals surface area contributed by atoms with Crippen molar-refractivity contribution >= 4 is 60.8 Å². The smallest absolute Gasteiger partial charge is 0.307 e. The number of aromatic nitrogens is 2. The van der Waals surface area contributed by atoms with Crippen molar-refractivity contribution in [1.82, 2.24) is 9.97 Å². The second-order valence-electron chi connectivity index (χ2n) is 10.4. The van der Waals surface area contributed by atoms with Gasteiger partial charge in [-0.3, -0.25) is 4.90 Å². The summed E-state index contributed by atoms with van der Waals surface area (Å²) in [4.78, 5) is 11.6. The van der Waals surface area contributed by atoms with Gasteiger partial charge in [-0.05, 0) is 87.6 Å². The van der Waals surface area contributed by atoms with Gasteiger partial charge >= 0.3 is 6.01 Å². The average Bonchev–Trinajstić information content (AvgIpc) is 3.63. The van der Waals surface area contributed by atoms with Gasteiger partial charge in [0.15, 0.2) is 5.58 Å². The first kappa shape index (κ1) is 21.6. The van der Waals surface area contributed by atoms with E-state index in [0.717, 1.165) is 32.7 Å². The number of anilines is 3. The fourth-order valence-electron chi connectivity index (χ4n) is 5.86. The third-order valence-electron chi connectivity index (χ3n) is 7.83. The van der Waals surface area contributed by atoms with Gasteiger partial charge in [-0.1, -0.05) is 56.3 Å². The van der Waals surface area contributed by atoms with Crippen LogP contribution in [-0.2, 0) is 5.41 Å². The summed E-state index contributed by atoms with van der Waals surface area (Å²) in [6.07, 6.45) is 0. The quantitative estimate of drug-likeness (QED) is 0.238. The molecule has 2 heterocycles. The molecule has 0 atom stereocenters. The molecule has 0 amide bonds. The van der Waals surface area contributed by atoms with Gasteiger partial charge in [0.2, 0.25) is 0 Å². The Kier molecular flexibility index (Phi) is 4.41. The maximum Gasteiger partial charge on any atom is 0.307 e. The molecule has 0 radical (unpaired) electrons. The predicted molar refractivity (Wildman–Crippen MR) is 157 cm³/mol. The van der Waals surface area contributed by atoms with Crippen molar-refractivity contribution in [3.05, 3.63) is 114 Å². The Bertz CT molecular complexity index is 2000. The monoisotopic (exact) mass is 509 g/mol. The van der Waals surface area contributed by atoms with Crippen LogP contribution < -0.4 is 4.90 Å². The zero-order valence-electron chi connectivity index (χ0n) is 21.0. The fraction of sp³-hybridized carbons (Fsp3) is 0.0909. The number of rotatable bonds is 3. The topological polar surface area (TPSA) is 42.2 Å². The van der Waals surface area contributed by atoms with Crippen LogP contribution in [0, 0.1) is 0 Å². The molecule has 5 heteroatoms. The Balaban J connectivity index is 1.34. The molecule has 0 spiro atoms. The first-order chi connectivity index (χ1) is 18.6. The number of benzene rings is 5. The lowest BCUT2D eigenvalue weighted by molar-refractivity contribution is 0.608. The lowest BCUT2D eigenvalue weighted by Gasteiger charge is -2.25. The summed E-state index contributed by atoms with van der Waals surface area (Å²) in [5.74, 6) is 0. The van der Waals surface area contributed by atoms with Crippen LogP contribution in [0.25, 0.3) is 43.2 Å². The third kappa shape index (κ3) is 3.09. The fourth-order valence-corrected chi connectivity index (χ4v) is 6.52. The Labute approximate surface area is 223 Å². The van der Waals surface area contributed by atoms with Gasteiger partial charge in [0.1, 0.15) is 5.52 Å². The molecule has 0 aliphatic heterocycles. The van der Waals surface area contributed by atoms with E-state index in [1.807, 2.05) is 29.8 Å². The molecule has 1 aliphatic rings. The Hall–Kier alpha value is -4.48. The van der Waals surface area contributed by atoms with Crippen molar-refractivity contribution in [2.45, 2.75) is 19.3 Å². The first-order valence-corrected chi connectivity index (χ1v) is 13.6. The molecule has 0 unspecified atom stereocenters. The van der Waals surface area contributed by atoms with Crippen LogP contribution in [0.1, 0.15) is 25.0 Å². The SMILES string of the molecule is CC1(C)c2cc(N(c3ccc4scnc4c3)c3nc4ccccc4o3)ccc2-c2cc3ccccc3cc21. The van der Waals surface area contributed by atoms with Gasteiger partial charge in [-0.15, -0.1) is 11.3 Å². The highest BCUT2D eigenvalue weighted by Gasteiger charge is 2.36. The van der Waals surface area contributed by atoms with Crippen LogP contribution in [0.5, 0.6) is 0 Å². The second kappa shape index (κ2) is 7.76. The van der Waals surface area contributed by atoms with Gasteiger partial charge in [0.25, 0.3) is 0 Å². The Morgan fingerprint density at radius 3 is 2.32 bits per heavy atom. The lowest BCUT2D eigenvalue weighted by Crippen LogP contribution is -2.16. The summed E-state index contributed by atoms with van der Waals surface area (Å²) in [5, 5.41) is 2.54. The number of oxazole rings is 1. The van der Waals surface area contributed by atoms with Crippen molar-refractivity contribution in [3.63, 3.8) is 0 Å². The molecular weight excluding hydrogens is 486 g/mol. The zero-order valence-corrected chi connectivity index (χ0v) is 21.8. The van der Waals surface area contributed by atoms with E-state index in [9.17, 15) is 0 Å². The largest absolute Gasteiger partial charge is 0.423 e. The number of hydrogen-bond acceptors (Lipinski definition) is 5. The number of thiazole rings is 1. The molecular formula is C33H23N3OS. The highest BCUT2D eigenvalue weighted by Crippen LogP contribution is 2.51. The molecule has 0 saturated heterocycles. The standard InChI is InChI=1S/C33H23N3OS/c1-33(2)26-16-21-8-4-3-7-20(21)15-25(26)24-13-11-22(17-27(24)33)36(23-12-14-31-29(18-23)34-19-38-31)32-35-28-9-5-6-10-30(28)37-32/h3-19H,1-2H3. The maximum absolute atomic E-state index is 6.32. The molecule has 8 rings (SSSR count). The number of hydrogen-bond donors (Lipinski definition) is 0. The first-order valence-electron chi connectivity index (χ1n) is 12.7. The van der Waals surface area contributed by atoms with Gasteiger partial charge in [-0.25, -0.2) is 4.98 Å². The third-order valence-corrected chi connectivity index (χ3v) is 8.64. The lowest BCUT2D eigenvalue weighted by atomic mass is 9.81. The minimum Gasteiger partial charge on any atom is -0.423 e. The van der Waals surface area contributed by atoms with E-state index in [1.165, 1.54) is 33.0 Å².